The maximum Gasteiger partial charge on any atom is 1.00 e. The van der Waals surface area contributed by atoms with Crippen LogP contribution in [0.1, 0.15) is 55.2 Å². The molecule has 0 heterocycles. The third kappa shape index (κ3) is 24.3. The Hall–Kier alpha value is -1.15. The van der Waals surface area contributed by atoms with Gasteiger partial charge in [0.05, 0.1) is 0 Å². The molecule has 444 valence electrons. The first-order valence-electron chi connectivity index (χ1n) is 26.2. The minimum Gasteiger partial charge on any atom is -0.747 e. The van der Waals surface area contributed by atoms with E-state index in [9.17, 15) is 52.6 Å². The summed E-state index contributed by atoms with van der Waals surface area (Å²) in [7, 11) is -30.1. The van der Waals surface area contributed by atoms with Crippen LogP contribution in [0.3, 0.4) is 0 Å². The van der Waals surface area contributed by atoms with Gasteiger partial charge in [0.15, 0.2) is 15.0 Å². The Labute approximate surface area is 634 Å². The van der Waals surface area contributed by atoms with E-state index in [4.69, 9.17) is 29.4 Å². The summed E-state index contributed by atoms with van der Waals surface area (Å²) in [6.45, 7) is 0. The van der Waals surface area contributed by atoms with Gasteiger partial charge in [-0.1, -0.05) is 182 Å². The molecule has 3 unspecified atom stereocenters. The molecule has 3 atom stereocenters. The molecule has 18 nitrogen and oxygen atoms in total. The number of rotatable bonds is 21. The van der Waals surface area contributed by atoms with E-state index in [1.807, 2.05) is 127 Å². The van der Waals surface area contributed by atoms with Gasteiger partial charge >= 0.3 is 177 Å². The van der Waals surface area contributed by atoms with Gasteiger partial charge in [0.2, 0.25) is 0 Å². The average molecular weight is 1380 g/mol. The van der Waals surface area contributed by atoms with E-state index in [1.165, 1.54) is 0 Å². The van der Waals surface area contributed by atoms with Gasteiger partial charge in [-0.05, 0) is 158 Å². The molecule has 0 aliphatic carbocycles. The molecule has 0 fully saturated rings. The topological polar surface area (TPSA) is 344 Å². The van der Waals surface area contributed by atoms with Crippen molar-refractivity contribution in [3.8, 4) is 33.4 Å². The van der Waals surface area contributed by atoms with Gasteiger partial charge in [0, 0.05) is 0 Å². The van der Waals surface area contributed by atoms with E-state index < -0.39 is 68.1 Å². The first-order valence-corrected chi connectivity index (χ1v) is 35.6. The fourth-order valence-corrected chi connectivity index (χ4v) is 16.5. The standard InChI is InChI=1S/3C20H21O6PS.3K/c3*21-27(22,23)20(28(24,25)26)7-3-4-15-8-10-17(11-9-15)19-13-12-16-5-1-2-6-18(16)14-19;;;/h3*1-2,5-6,8-14,20H,3-4,7H2,(H2,21,22,23)(H,24,25,26);;;/q;;;3*+1/p-3. The van der Waals surface area contributed by atoms with Crippen LogP contribution < -0.4 is 154 Å². The summed E-state index contributed by atoms with van der Waals surface area (Å²) in [5.41, 5.74) is 9.02. The molecule has 9 aromatic carbocycles. The van der Waals surface area contributed by atoms with E-state index in [-0.39, 0.29) is 193 Å². The molecule has 0 spiro atoms. The fourth-order valence-electron chi connectivity index (χ4n) is 9.58. The van der Waals surface area contributed by atoms with Gasteiger partial charge in [-0.15, -0.1) is 0 Å². The van der Waals surface area contributed by atoms with Crippen LogP contribution in [0.2, 0.25) is 0 Å². The summed E-state index contributed by atoms with van der Waals surface area (Å²) < 4.78 is 133. The molecule has 0 saturated carbocycles. The van der Waals surface area contributed by atoms with Crippen molar-refractivity contribution in [2.45, 2.75) is 72.8 Å². The Morgan fingerprint density at radius 2 is 0.494 bits per heavy atom. The van der Waals surface area contributed by atoms with Crippen molar-refractivity contribution in [3.05, 3.63) is 217 Å². The largest absolute Gasteiger partial charge is 1.00 e. The van der Waals surface area contributed by atoms with Crippen molar-refractivity contribution >= 4 is 85.5 Å². The van der Waals surface area contributed by atoms with E-state index in [2.05, 4.69) is 72.8 Å². The molecule has 87 heavy (non-hydrogen) atoms. The van der Waals surface area contributed by atoms with Crippen LogP contribution in [0.25, 0.3) is 65.7 Å². The number of aryl methyl sites for hydroxylation is 3. The second kappa shape index (κ2) is 34.8. The molecule has 9 rings (SSSR count). The molecule has 0 radical (unpaired) electrons. The third-order valence-electron chi connectivity index (χ3n) is 14.0. The van der Waals surface area contributed by atoms with E-state index in [0.717, 1.165) is 82.4 Å². The molecule has 6 N–H and O–H groups in total. The maximum atomic E-state index is 11.2. The van der Waals surface area contributed by atoms with Crippen LogP contribution in [0.4, 0.5) is 0 Å². The minimum atomic E-state index is -5.05. The zero-order valence-corrected chi connectivity index (χ0v) is 62.3. The Kier molecular flexibility index (Phi) is 31.4. The quantitative estimate of drug-likeness (QED) is 0.0342. The normalized spacial score (nSPS) is 13.1. The Bertz CT molecular complexity index is 3810. The predicted molar refractivity (Wildman–Crippen MR) is 324 cm³/mol. The number of benzene rings is 9. The van der Waals surface area contributed by atoms with Crippen molar-refractivity contribution in [3.63, 3.8) is 0 Å². The average Bonchev–Trinajstić information content (AvgIpc) is 2.81. The summed E-state index contributed by atoms with van der Waals surface area (Å²) in [5, 5.41) is 6.92. The van der Waals surface area contributed by atoms with Crippen LogP contribution >= 0.6 is 22.8 Å². The van der Waals surface area contributed by atoms with Crippen molar-refractivity contribution in [1.82, 2.24) is 0 Å². The molecule has 0 saturated heterocycles. The first-order chi connectivity index (χ1) is 39.4. The molecule has 0 aliphatic heterocycles. The molecule has 0 bridgehead atoms. The van der Waals surface area contributed by atoms with E-state index in [0.29, 0.717) is 19.3 Å². The number of hydrogen-bond acceptors (Lipinski definition) is 12. The zero-order chi connectivity index (χ0) is 61.1. The summed E-state index contributed by atoms with van der Waals surface area (Å²) in [5.74, 6) is 0. The van der Waals surface area contributed by atoms with E-state index in [1.54, 1.807) is 0 Å². The first kappa shape index (κ1) is 78.3. The van der Waals surface area contributed by atoms with Gasteiger partial charge < -0.3 is 43.0 Å². The van der Waals surface area contributed by atoms with Crippen molar-refractivity contribution in [1.29, 1.82) is 0 Å². The number of fused-ring (bicyclic) bond motifs is 3. The monoisotopic (exact) mass is 1370 g/mol. The third-order valence-corrected chi connectivity index (χ3v) is 24.5. The molecule has 9 aromatic rings. The molecule has 0 aromatic heterocycles. The smallest absolute Gasteiger partial charge is 0.747 e. The van der Waals surface area contributed by atoms with Gasteiger partial charge in [0.25, 0.3) is 0 Å². The molecule has 27 heteroatoms. The Morgan fingerprint density at radius 3 is 0.690 bits per heavy atom. The Morgan fingerprint density at radius 1 is 0.299 bits per heavy atom. The SMILES string of the molecule is O=P(O)(O)C(CCCc1ccc(-c2ccc3ccccc3c2)cc1)S(=O)(=O)[O-].O=P(O)(O)C(CCCc1ccc(-c2ccc3ccccc3c2)cc1)S(=O)(=O)[O-].O=P(O)(O)C(CCCc1ccc(-c2ccc3ccccc3c2)cc1)S(=O)(=O)[O-].[K+].[K+].[K+]. The minimum absolute atomic E-state index is 0. The van der Waals surface area contributed by atoms with Crippen molar-refractivity contribution in [2.75, 3.05) is 0 Å². The van der Waals surface area contributed by atoms with Crippen LogP contribution in [-0.4, -0.2) is 83.2 Å². The van der Waals surface area contributed by atoms with Crippen LogP contribution in [0, 0.1) is 0 Å². The molecular formula is C60H60K3O18P3S3. The van der Waals surface area contributed by atoms with Crippen molar-refractivity contribution in [2.24, 2.45) is 0 Å². The summed E-state index contributed by atoms with van der Waals surface area (Å²) in [6.07, 6.45) is 0.706. The van der Waals surface area contributed by atoms with Gasteiger partial charge in [-0.3, -0.25) is 13.7 Å². The zero-order valence-electron chi connectivity index (χ0n) is 47.8. The molecule has 0 amide bonds. The number of hydrogen-bond donors (Lipinski definition) is 6. The predicted octanol–water partition coefficient (Wildman–Crippen LogP) is 2.65. The fraction of sp³-hybridized carbons (Fsp3) is 0.200. The maximum absolute atomic E-state index is 11.2. The second-order valence-electron chi connectivity index (χ2n) is 20.1. The van der Waals surface area contributed by atoms with Gasteiger partial charge in [-0.25, -0.2) is 25.3 Å². The summed E-state index contributed by atoms with van der Waals surface area (Å²) >= 11 is 0. The van der Waals surface area contributed by atoms with Gasteiger partial charge in [0.1, 0.15) is 30.4 Å². The molecular weight excluding hydrogens is 1320 g/mol. The van der Waals surface area contributed by atoms with Crippen LogP contribution in [-0.2, 0) is 63.3 Å². The van der Waals surface area contributed by atoms with E-state index >= 15 is 0 Å². The molecule has 0 aliphatic rings. The van der Waals surface area contributed by atoms with Crippen LogP contribution in [0.5, 0.6) is 0 Å². The summed E-state index contributed by atoms with van der Waals surface area (Å²) in [4.78, 5) is 47.9. The van der Waals surface area contributed by atoms with Gasteiger partial charge in [-0.2, -0.15) is 0 Å². The van der Waals surface area contributed by atoms with Crippen molar-refractivity contribution < 1.29 is 236 Å². The second-order valence-corrected chi connectivity index (χ2v) is 31.2. The van der Waals surface area contributed by atoms with Crippen LogP contribution in [0.15, 0.2) is 200 Å². The Balaban J connectivity index is 0.000000275. The summed E-state index contributed by atoms with van der Waals surface area (Å²) in [6, 6.07) is 65.9.